The van der Waals surface area contributed by atoms with Crippen molar-refractivity contribution in [1.29, 1.82) is 0 Å². The molecule has 2 rings (SSSR count). The second-order valence-corrected chi connectivity index (χ2v) is 8.10. The number of aryl methyl sites for hydroxylation is 1. The molecule has 1 fully saturated rings. The van der Waals surface area contributed by atoms with Gasteiger partial charge in [-0.1, -0.05) is 36.8 Å². The number of hydrogen-bond donors (Lipinski definition) is 0. The second-order valence-electron chi connectivity index (χ2n) is 5.84. The maximum atomic E-state index is 11.3. The smallest absolute Gasteiger partial charge is 0.148 e. The molecule has 1 heterocycles. The Balaban J connectivity index is 1.86. The Kier molecular flexibility index (Phi) is 5.61. The summed E-state index contributed by atoms with van der Waals surface area (Å²) < 4.78 is 22.7. The van der Waals surface area contributed by atoms with E-state index in [2.05, 4.69) is 29.2 Å². The molecule has 1 aromatic carbocycles. The number of sulfone groups is 1. The van der Waals surface area contributed by atoms with Gasteiger partial charge in [0.25, 0.3) is 0 Å². The van der Waals surface area contributed by atoms with Crippen molar-refractivity contribution in [3.05, 3.63) is 35.9 Å². The van der Waals surface area contributed by atoms with E-state index in [1.807, 2.05) is 6.07 Å². The van der Waals surface area contributed by atoms with Crippen molar-refractivity contribution in [3.63, 3.8) is 0 Å². The highest BCUT2D eigenvalue weighted by molar-refractivity contribution is 7.90. The highest BCUT2D eigenvalue weighted by atomic mass is 32.2. The van der Waals surface area contributed by atoms with Crippen molar-refractivity contribution in [3.8, 4) is 0 Å². The molecule has 0 aliphatic carbocycles. The van der Waals surface area contributed by atoms with Gasteiger partial charge in [-0.2, -0.15) is 0 Å². The number of benzene rings is 1. The third-order valence-electron chi connectivity index (χ3n) is 4.11. The summed E-state index contributed by atoms with van der Waals surface area (Å²) in [7, 11) is -2.86. The van der Waals surface area contributed by atoms with Gasteiger partial charge in [0.05, 0.1) is 5.75 Å². The maximum absolute atomic E-state index is 11.3. The normalized spacial score (nSPS) is 20.9. The molecule has 1 saturated heterocycles. The van der Waals surface area contributed by atoms with Crippen molar-refractivity contribution in [1.82, 2.24) is 4.90 Å². The Bertz CT molecular complexity index is 498. The number of piperidine rings is 1. The number of likely N-dealkylation sites (tertiary alicyclic amines) is 1. The highest BCUT2D eigenvalue weighted by Gasteiger charge is 2.22. The summed E-state index contributed by atoms with van der Waals surface area (Å²) in [5, 5.41) is 0. The third-order valence-corrected chi connectivity index (χ3v) is 5.03. The van der Waals surface area contributed by atoms with E-state index < -0.39 is 9.84 Å². The summed E-state index contributed by atoms with van der Waals surface area (Å²) in [6.07, 6.45) is 7.22. The van der Waals surface area contributed by atoms with Crippen LogP contribution in [-0.4, -0.2) is 44.5 Å². The van der Waals surface area contributed by atoms with Crippen LogP contribution in [0.15, 0.2) is 30.3 Å². The zero-order valence-corrected chi connectivity index (χ0v) is 13.1. The Morgan fingerprint density at radius 3 is 2.65 bits per heavy atom. The number of rotatable bonds is 6. The molecular formula is C16H25NO2S. The molecular weight excluding hydrogens is 270 g/mol. The van der Waals surface area contributed by atoms with Gasteiger partial charge in [0.1, 0.15) is 9.84 Å². The molecule has 1 atom stereocenters. The maximum Gasteiger partial charge on any atom is 0.148 e. The van der Waals surface area contributed by atoms with E-state index in [-0.39, 0.29) is 5.75 Å². The fourth-order valence-corrected chi connectivity index (χ4v) is 3.51. The van der Waals surface area contributed by atoms with E-state index in [4.69, 9.17) is 0 Å². The lowest BCUT2D eigenvalue weighted by molar-refractivity contribution is 0.149. The number of hydrogen-bond acceptors (Lipinski definition) is 3. The molecule has 1 aliphatic heterocycles. The third kappa shape index (κ3) is 5.25. The molecule has 3 nitrogen and oxygen atoms in total. The summed E-state index contributed by atoms with van der Waals surface area (Å²) in [5.74, 6) is 0.287. The summed E-state index contributed by atoms with van der Waals surface area (Å²) in [6, 6.07) is 11.1. The van der Waals surface area contributed by atoms with Gasteiger partial charge in [-0.05, 0) is 37.8 Å². The van der Waals surface area contributed by atoms with Crippen LogP contribution in [0.1, 0.15) is 31.2 Å². The number of nitrogens with zero attached hydrogens (tertiary/aromatic N) is 1. The molecule has 4 heteroatoms. The Hall–Kier alpha value is -0.870. The van der Waals surface area contributed by atoms with Gasteiger partial charge in [0.15, 0.2) is 0 Å². The molecule has 0 spiro atoms. The molecule has 0 amide bonds. The van der Waals surface area contributed by atoms with E-state index in [0.717, 1.165) is 19.4 Å². The first kappa shape index (κ1) is 15.5. The first-order chi connectivity index (χ1) is 9.54. The molecule has 0 N–H and O–H groups in total. The average molecular weight is 295 g/mol. The van der Waals surface area contributed by atoms with Crippen LogP contribution in [-0.2, 0) is 16.3 Å². The van der Waals surface area contributed by atoms with Crippen molar-refractivity contribution >= 4 is 9.84 Å². The van der Waals surface area contributed by atoms with E-state index in [0.29, 0.717) is 12.6 Å². The molecule has 0 radical (unpaired) electrons. The molecule has 0 unspecified atom stereocenters. The van der Waals surface area contributed by atoms with Gasteiger partial charge in [0.2, 0.25) is 0 Å². The van der Waals surface area contributed by atoms with Gasteiger partial charge >= 0.3 is 0 Å². The van der Waals surface area contributed by atoms with Gasteiger partial charge < -0.3 is 0 Å². The lowest BCUT2D eigenvalue weighted by Crippen LogP contribution is -2.42. The summed E-state index contributed by atoms with van der Waals surface area (Å²) in [5.41, 5.74) is 1.38. The Morgan fingerprint density at radius 2 is 1.95 bits per heavy atom. The molecule has 0 saturated carbocycles. The van der Waals surface area contributed by atoms with Crippen molar-refractivity contribution < 1.29 is 8.42 Å². The van der Waals surface area contributed by atoms with Gasteiger partial charge in [-0.15, -0.1) is 0 Å². The quantitative estimate of drug-likeness (QED) is 0.809. The van der Waals surface area contributed by atoms with Crippen molar-refractivity contribution in [2.75, 3.05) is 25.1 Å². The van der Waals surface area contributed by atoms with Crippen LogP contribution >= 0.6 is 0 Å². The molecule has 112 valence electrons. The van der Waals surface area contributed by atoms with Gasteiger partial charge in [0, 0.05) is 18.8 Å². The van der Waals surface area contributed by atoms with Crippen LogP contribution in [0.25, 0.3) is 0 Å². The van der Waals surface area contributed by atoms with Crippen LogP contribution in [0.4, 0.5) is 0 Å². The van der Waals surface area contributed by atoms with Crippen molar-refractivity contribution in [2.24, 2.45) is 0 Å². The predicted octanol–water partition coefficient (Wildman–Crippen LogP) is 2.52. The fourth-order valence-electron chi connectivity index (χ4n) is 2.94. The topological polar surface area (TPSA) is 37.4 Å². The fraction of sp³-hybridized carbons (Fsp3) is 0.625. The molecule has 20 heavy (non-hydrogen) atoms. The first-order valence-electron chi connectivity index (χ1n) is 7.50. The zero-order chi connectivity index (χ0) is 14.4. The minimum atomic E-state index is -2.86. The van der Waals surface area contributed by atoms with Crippen LogP contribution in [0.5, 0.6) is 0 Å². The Morgan fingerprint density at radius 1 is 1.20 bits per heavy atom. The lowest BCUT2D eigenvalue weighted by Gasteiger charge is -2.35. The van der Waals surface area contributed by atoms with Gasteiger partial charge in [-0.25, -0.2) is 8.42 Å². The lowest BCUT2D eigenvalue weighted by atomic mass is 9.96. The van der Waals surface area contributed by atoms with Crippen LogP contribution in [0.3, 0.4) is 0 Å². The zero-order valence-electron chi connectivity index (χ0n) is 12.3. The molecule has 0 bridgehead atoms. The van der Waals surface area contributed by atoms with Crippen LogP contribution in [0.2, 0.25) is 0 Å². The van der Waals surface area contributed by atoms with E-state index in [1.54, 1.807) is 0 Å². The molecule has 1 aromatic rings. The minimum absolute atomic E-state index is 0.287. The highest BCUT2D eigenvalue weighted by Crippen LogP contribution is 2.21. The first-order valence-corrected chi connectivity index (χ1v) is 9.56. The summed E-state index contributed by atoms with van der Waals surface area (Å²) >= 11 is 0. The van der Waals surface area contributed by atoms with E-state index >= 15 is 0 Å². The largest absolute Gasteiger partial charge is 0.299 e. The minimum Gasteiger partial charge on any atom is -0.299 e. The Labute approximate surface area is 122 Å². The van der Waals surface area contributed by atoms with Gasteiger partial charge in [-0.3, -0.25) is 4.90 Å². The van der Waals surface area contributed by atoms with Crippen molar-refractivity contribution in [2.45, 2.75) is 38.1 Å². The van der Waals surface area contributed by atoms with Crippen LogP contribution < -0.4 is 0 Å². The summed E-state index contributed by atoms with van der Waals surface area (Å²) in [4.78, 5) is 2.38. The molecule has 1 aliphatic rings. The predicted molar refractivity (Wildman–Crippen MR) is 83.7 cm³/mol. The van der Waals surface area contributed by atoms with E-state index in [9.17, 15) is 8.42 Å². The standard InChI is InChI=1S/C16H25NO2S/c1-20(18,19)14-13-17-12-6-5-9-16(17)11-10-15-7-3-2-4-8-15/h2-4,7-8,16H,5-6,9-14H2,1H3/t16-/m0/s1. The van der Waals surface area contributed by atoms with Crippen LogP contribution in [0, 0.1) is 0 Å². The average Bonchev–Trinajstić information content (AvgIpc) is 2.44. The SMILES string of the molecule is CS(=O)(=O)CCN1CCCC[C@H]1CCc1ccccc1. The molecule has 0 aromatic heterocycles. The second kappa shape index (κ2) is 7.23. The summed E-state index contributed by atoms with van der Waals surface area (Å²) in [6.45, 7) is 1.74. The monoisotopic (exact) mass is 295 g/mol. The van der Waals surface area contributed by atoms with E-state index in [1.165, 1.54) is 31.1 Å².